The van der Waals surface area contributed by atoms with Gasteiger partial charge in [-0.3, -0.25) is 4.84 Å². The standard InChI is InChI=1S/C11H25NO2/c1-4-7-9-12-14-11(6-3)13-10-8-5-2/h11-12H,4-10H2,1-3H3. The molecule has 1 atom stereocenters. The van der Waals surface area contributed by atoms with Gasteiger partial charge < -0.3 is 4.74 Å². The van der Waals surface area contributed by atoms with Crippen molar-refractivity contribution >= 4 is 0 Å². The molecule has 3 nitrogen and oxygen atoms in total. The first-order valence-corrected chi connectivity index (χ1v) is 5.85. The van der Waals surface area contributed by atoms with Gasteiger partial charge in [0.05, 0.1) is 0 Å². The van der Waals surface area contributed by atoms with Crippen molar-refractivity contribution in [3.8, 4) is 0 Å². The average Bonchev–Trinajstić information content (AvgIpc) is 2.22. The molecule has 0 saturated carbocycles. The summed E-state index contributed by atoms with van der Waals surface area (Å²) in [5, 5.41) is 0. The minimum absolute atomic E-state index is 0.0848. The second-order valence-electron chi connectivity index (χ2n) is 3.43. The highest BCUT2D eigenvalue weighted by Gasteiger charge is 2.05. The number of hydrogen-bond donors (Lipinski definition) is 1. The van der Waals surface area contributed by atoms with Crippen molar-refractivity contribution in [2.75, 3.05) is 13.2 Å². The summed E-state index contributed by atoms with van der Waals surface area (Å²) < 4.78 is 5.53. The maximum absolute atomic E-state index is 5.53. The van der Waals surface area contributed by atoms with Gasteiger partial charge in [-0.2, -0.15) is 5.48 Å². The van der Waals surface area contributed by atoms with Crippen LogP contribution in [0.3, 0.4) is 0 Å². The zero-order valence-electron chi connectivity index (χ0n) is 9.84. The molecule has 3 heteroatoms. The maximum Gasteiger partial charge on any atom is 0.176 e. The van der Waals surface area contributed by atoms with Gasteiger partial charge in [-0.1, -0.05) is 33.6 Å². The number of rotatable bonds is 10. The van der Waals surface area contributed by atoms with Gasteiger partial charge in [0.2, 0.25) is 0 Å². The molecule has 1 unspecified atom stereocenters. The molecule has 1 N–H and O–H groups in total. The Balaban J connectivity index is 3.28. The maximum atomic E-state index is 5.53. The number of ether oxygens (including phenoxy) is 1. The molecule has 0 spiro atoms. The molecule has 0 fully saturated rings. The highest BCUT2D eigenvalue weighted by atomic mass is 16.8. The van der Waals surface area contributed by atoms with Crippen LogP contribution in [0.4, 0.5) is 0 Å². The van der Waals surface area contributed by atoms with Gasteiger partial charge in [-0.05, 0) is 19.3 Å². The molecular formula is C11H25NO2. The molecule has 0 aromatic heterocycles. The lowest BCUT2D eigenvalue weighted by Gasteiger charge is -2.16. The number of hydrogen-bond acceptors (Lipinski definition) is 3. The molecule has 86 valence electrons. The van der Waals surface area contributed by atoms with E-state index < -0.39 is 0 Å². The summed E-state index contributed by atoms with van der Waals surface area (Å²) in [6.07, 6.45) is 5.41. The van der Waals surface area contributed by atoms with Crippen molar-refractivity contribution in [1.29, 1.82) is 0 Å². The molecule has 0 amide bonds. The molecule has 0 heterocycles. The van der Waals surface area contributed by atoms with E-state index in [9.17, 15) is 0 Å². The average molecular weight is 203 g/mol. The molecule has 0 aromatic carbocycles. The largest absolute Gasteiger partial charge is 0.351 e. The summed E-state index contributed by atoms with van der Waals surface area (Å²) >= 11 is 0. The van der Waals surface area contributed by atoms with Gasteiger partial charge in [-0.25, -0.2) is 0 Å². The number of hydroxylamine groups is 1. The van der Waals surface area contributed by atoms with E-state index >= 15 is 0 Å². The molecule has 14 heavy (non-hydrogen) atoms. The van der Waals surface area contributed by atoms with Crippen LogP contribution in [-0.4, -0.2) is 19.4 Å². The molecule has 0 rings (SSSR count). The molecule has 0 bridgehead atoms. The van der Waals surface area contributed by atoms with Gasteiger partial charge in [0.1, 0.15) is 0 Å². The molecular weight excluding hydrogens is 178 g/mol. The van der Waals surface area contributed by atoms with Crippen LogP contribution in [-0.2, 0) is 9.57 Å². The third-order valence-electron chi connectivity index (χ3n) is 1.98. The fourth-order valence-electron chi connectivity index (χ4n) is 0.995. The molecule has 0 aliphatic heterocycles. The van der Waals surface area contributed by atoms with E-state index in [-0.39, 0.29) is 6.29 Å². The Morgan fingerprint density at radius 1 is 1.07 bits per heavy atom. The van der Waals surface area contributed by atoms with Crippen molar-refractivity contribution in [2.24, 2.45) is 0 Å². The van der Waals surface area contributed by atoms with E-state index in [1.54, 1.807) is 0 Å². The Morgan fingerprint density at radius 2 is 1.79 bits per heavy atom. The summed E-state index contributed by atoms with van der Waals surface area (Å²) in [5.41, 5.74) is 2.94. The van der Waals surface area contributed by atoms with E-state index in [2.05, 4.69) is 26.3 Å². The molecule has 0 saturated heterocycles. The van der Waals surface area contributed by atoms with Crippen LogP contribution >= 0.6 is 0 Å². The van der Waals surface area contributed by atoms with E-state index in [4.69, 9.17) is 9.57 Å². The van der Waals surface area contributed by atoms with Crippen LogP contribution in [0.25, 0.3) is 0 Å². The first-order chi connectivity index (χ1) is 6.85. The van der Waals surface area contributed by atoms with Crippen molar-refractivity contribution in [3.05, 3.63) is 0 Å². The van der Waals surface area contributed by atoms with Gasteiger partial charge >= 0.3 is 0 Å². The van der Waals surface area contributed by atoms with E-state index in [0.717, 1.165) is 32.4 Å². The number of unbranched alkanes of at least 4 members (excludes halogenated alkanes) is 2. The topological polar surface area (TPSA) is 30.5 Å². The minimum atomic E-state index is -0.0848. The summed E-state index contributed by atoms with van der Waals surface area (Å²) in [4.78, 5) is 5.37. The lowest BCUT2D eigenvalue weighted by Crippen LogP contribution is -2.27. The lowest BCUT2D eigenvalue weighted by molar-refractivity contribution is -0.181. The third-order valence-corrected chi connectivity index (χ3v) is 1.98. The normalized spacial score (nSPS) is 13.1. The fourth-order valence-corrected chi connectivity index (χ4v) is 0.995. The van der Waals surface area contributed by atoms with Crippen LogP contribution in [0.5, 0.6) is 0 Å². The molecule has 0 radical (unpaired) electrons. The quantitative estimate of drug-likeness (QED) is 0.336. The van der Waals surface area contributed by atoms with E-state index in [1.165, 1.54) is 12.8 Å². The predicted molar refractivity (Wildman–Crippen MR) is 58.9 cm³/mol. The number of nitrogens with one attached hydrogen (secondary N) is 1. The van der Waals surface area contributed by atoms with Gasteiger partial charge in [0.25, 0.3) is 0 Å². The molecule has 0 aliphatic rings. The highest BCUT2D eigenvalue weighted by molar-refractivity contribution is 4.41. The Kier molecular flexibility index (Phi) is 10.9. The smallest absolute Gasteiger partial charge is 0.176 e. The van der Waals surface area contributed by atoms with Crippen molar-refractivity contribution in [3.63, 3.8) is 0 Å². The van der Waals surface area contributed by atoms with Crippen LogP contribution in [0.1, 0.15) is 52.9 Å². The van der Waals surface area contributed by atoms with Crippen LogP contribution in [0, 0.1) is 0 Å². The fraction of sp³-hybridized carbons (Fsp3) is 1.00. The molecule has 0 aromatic rings. The van der Waals surface area contributed by atoms with Crippen molar-refractivity contribution in [2.45, 2.75) is 59.2 Å². The Labute approximate surface area is 88.1 Å². The van der Waals surface area contributed by atoms with Crippen molar-refractivity contribution in [1.82, 2.24) is 5.48 Å². The Hall–Kier alpha value is -0.120. The minimum Gasteiger partial charge on any atom is -0.351 e. The summed E-state index contributed by atoms with van der Waals surface area (Å²) in [6.45, 7) is 8.09. The first-order valence-electron chi connectivity index (χ1n) is 5.85. The first kappa shape index (κ1) is 13.9. The Bertz CT molecular complexity index is 109. The second kappa shape index (κ2) is 11.0. The van der Waals surface area contributed by atoms with E-state index in [0.29, 0.717) is 0 Å². The van der Waals surface area contributed by atoms with Gasteiger partial charge in [0.15, 0.2) is 6.29 Å². The van der Waals surface area contributed by atoms with Crippen molar-refractivity contribution < 1.29 is 9.57 Å². The summed E-state index contributed by atoms with van der Waals surface area (Å²) in [6, 6.07) is 0. The second-order valence-corrected chi connectivity index (χ2v) is 3.43. The van der Waals surface area contributed by atoms with Gasteiger partial charge in [-0.15, -0.1) is 0 Å². The highest BCUT2D eigenvalue weighted by Crippen LogP contribution is 2.00. The van der Waals surface area contributed by atoms with Crippen LogP contribution < -0.4 is 5.48 Å². The van der Waals surface area contributed by atoms with Crippen LogP contribution in [0.15, 0.2) is 0 Å². The third kappa shape index (κ3) is 8.48. The summed E-state index contributed by atoms with van der Waals surface area (Å²) in [5.74, 6) is 0. The Morgan fingerprint density at radius 3 is 2.36 bits per heavy atom. The van der Waals surface area contributed by atoms with E-state index in [1.807, 2.05) is 0 Å². The van der Waals surface area contributed by atoms with Gasteiger partial charge in [0, 0.05) is 13.2 Å². The lowest BCUT2D eigenvalue weighted by atomic mass is 10.3. The monoisotopic (exact) mass is 203 g/mol. The zero-order valence-corrected chi connectivity index (χ0v) is 9.84. The summed E-state index contributed by atoms with van der Waals surface area (Å²) in [7, 11) is 0. The zero-order chi connectivity index (χ0) is 10.6. The predicted octanol–water partition coefficient (Wildman–Crippen LogP) is 2.86. The SMILES string of the molecule is CCCCNOC(CC)OCCCC. The van der Waals surface area contributed by atoms with Crippen LogP contribution in [0.2, 0.25) is 0 Å². The molecule has 0 aliphatic carbocycles.